The third kappa shape index (κ3) is 729. The summed E-state index contributed by atoms with van der Waals surface area (Å²) in [5.74, 6) is 0.167. The van der Waals surface area contributed by atoms with Gasteiger partial charge in [-0.05, 0) is 13.8 Å². The molecule has 0 bridgehead atoms. The molecule has 2 heteroatoms. The molecule has 0 aliphatic carbocycles. The Morgan fingerprint density at radius 2 is 1.40 bits per heavy atom. The largest absolute Gasteiger partial charge is 0.300 e. The predicted molar refractivity (Wildman–Crippen MR) is 16.4 cm³/mol. The minimum atomic E-state index is 0. The van der Waals surface area contributed by atoms with Crippen LogP contribution in [0, 0.1) is 0 Å². The molecular weight excluding hydrogens is 111 g/mol. The van der Waals surface area contributed by atoms with E-state index in [1.807, 2.05) is 0 Å². The van der Waals surface area contributed by atoms with E-state index in [0.717, 1.165) is 0 Å². The van der Waals surface area contributed by atoms with Gasteiger partial charge in [0, 0.05) is 16.5 Å². The molecule has 0 aromatic rings. The average Bonchev–Trinajstić information content (AvgIpc) is 0.811. The number of ketones is 1. The van der Waals surface area contributed by atoms with Crippen molar-refractivity contribution in [2.24, 2.45) is 0 Å². The summed E-state index contributed by atoms with van der Waals surface area (Å²) in [6.45, 7) is 3.06. The first-order valence-electron chi connectivity index (χ1n) is 1.20. The van der Waals surface area contributed by atoms with Crippen molar-refractivity contribution in [3.05, 3.63) is 0 Å². The van der Waals surface area contributed by atoms with E-state index in [2.05, 4.69) is 0 Å². The fourth-order valence-electron chi connectivity index (χ4n) is 0. The molecule has 0 spiro atoms. The number of carbonyl (C=O) groups excluding carboxylic acids is 1. The molecule has 0 saturated heterocycles. The number of hydrogen-bond donors (Lipinski definition) is 0. The minimum Gasteiger partial charge on any atom is -0.300 e. The van der Waals surface area contributed by atoms with Gasteiger partial charge in [0.1, 0.15) is 5.78 Å². The second-order valence-corrected chi connectivity index (χ2v) is 0.908. The summed E-state index contributed by atoms with van der Waals surface area (Å²) in [4.78, 5) is 9.44. The maximum Gasteiger partial charge on any atom is 0.126 e. The minimum absolute atomic E-state index is 0. The average molecular weight is 117 g/mol. The molecule has 0 aliphatic heterocycles. The van der Waals surface area contributed by atoms with Crippen molar-refractivity contribution in [3.63, 3.8) is 0 Å². The van der Waals surface area contributed by atoms with Crippen LogP contribution in [0.15, 0.2) is 0 Å². The third-order valence-electron chi connectivity index (χ3n) is 0. The second-order valence-electron chi connectivity index (χ2n) is 0.908. The molecule has 0 saturated carbocycles. The zero-order chi connectivity index (χ0) is 3.58. The molecule has 0 fully saturated rings. The molecule has 0 aliphatic rings. The Balaban J connectivity index is 0. The molecule has 0 unspecified atom stereocenters. The van der Waals surface area contributed by atoms with E-state index in [4.69, 9.17) is 0 Å². The topological polar surface area (TPSA) is 17.1 Å². The van der Waals surface area contributed by atoms with E-state index in [9.17, 15) is 4.79 Å². The van der Waals surface area contributed by atoms with Crippen LogP contribution in [0.5, 0.6) is 0 Å². The summed E-state index contributed by atoms with van der Waals surface area (Å²) in [7, 11) is 0. The molecule has 34 valence electrons. The molecule has 1 nitrogen and oxygen atoms in total. The normalized spacial score (nSPS) is 5.20. The van der Waals surface area contributed by atoms with Gasteiger partial charge >= 0.3 is 0 Å². The van der Waals surface area contributed by atoms with Crippen molar-refractivity contribution < 1.29 is 21.3 Å². The van der Waals surface area contributed by atoms with Crippen LogP contribution in [0.3, 0.4) is 0 Å². The summed E-state index contributed by atoms with van der Waals surface area (Å²) in [5, 5.41) is 0. The van der Waals surface area contributed by atoms with Crippen LogP contribution in [0.25, 0.3) is 0 Å². The first-order chi connectivity index (χ1) is 1.73. The summed E-state index contributed by atoms with van der Waals surface area (Å²) in [6.07, 6.45) is 0. The van der Waals surface area contributed by atoms with Crippen molar-refractivity contribution in [3.8, 4) is 0 Å². The number of Topliss-reactive ketones (excluding diaryl/α,β-unsaturated/α-hetero) is 1. The van der Waals surface area contributed by atoms with Crippen molar-refractivity contribution >= 4 is 5.78 Å². The Morgan fingerprint density at radius 3 is 1.40 bits per heavy atom. The van der Waals surface area contributed by atoms with Gasteiger partial charge in [-0.15, -0.1) is 0 Å². The van der Waals surface area contributed by atoms with E-state index in [1.165, 1.54) is 13.8 Å². The van der Waals surface area contributed by atoms with Crippen LogP contribution in [-0.4, -0.2) is 5.78 Å². The van der Waals surface area contributed by atoms with Crippen LogP contribution in [-0.2, 0) is 21.3 Å². The molecule has 0 rings (SSSR count). The summed E-state index contributed by atoms with van der Waals surface area (Å²) >= 11 is 0. The summed E-state index contributed by atoms with van der Waals surface area (Å²) < 4.78 is 0. The van der Waals surface area contributed by atoms with Crippen molar-refractivity contribution in [1.29, 1.82) is 0 Å². The quantitative estimate of drug-likeness (QED) is 0.424. The van der Waals surface area contributed by atoms with Crippen molar-refractivity contribution in [1.82, 2.24) is 0 Å². The molecule has 0 amide bonds. The van der Waals surface area contributed by atoms with E-state index < -0.39 is 0 Å². The van der Waals surface area contributed by atoms with Crippen LogP contribution < -0.4 is 0 Å². The number of rotatable bonds is 0. The van der Waals surface area contributed by atoms with Crippen LogP contribution >= 0.6 is 0 Å². The van der Waals surface area contributed by atoms with E-state index in [0.29, 0.717) is 0 Å². The van der Waals surface area contributed by atoms with Gasteiger partial charge in [-0.25, -0.2) is 0 Å². The first kappa shape index (κ1) is 8.94. The SMILES string of the molecule is CC(C)=O.[Ni]. The molecule has 0 aromatic heterocycles. The van der Waals surface area contributed by atoms with Gasteiger partial charge in [0.05, 0.1) is 0 Å². The van der Waals surface area contributed by atoms with Gasteiger partial charge in [-0.2, -0.15) is 0 Å². The Morgan fingerprint density at radius 1 is 1.40 bits per heavy atom. The summed E-state index contributed by atoms with van der Waals surface area (Å²) in [5.41, 5.74) is 0. The Bertz CT molecular complexity index is 29.9. The van der Waals surface area contributed by atoms with E-state index in [-0.39, 0.29) is 22.3 Å². The van der Waals surface area contributed by atoms with Crippen LogP contribution in [0.4, 0.5) is 0 Å². The molecular formula is C3H6NiO. The van der Waals surface area contributed by atoms with Crippen LogP contribution in [0.2, 0.25) is 0 Å². The Hall–Kier alpha value is 0.164. The number of hydrogen-bond acceptors (Lipinski definition) is 1. The van der Waals surface area contributed by atoms with Gasteiger partial charge in [-0.3, -0.25) is 0 Å². The van der Waals surface area contributed by atoms with Crippen LogP contribution in [0.1, 0.15) is 13.8 Å². The Labute approximate surface area is 41.7 Å². The third-order valence-corrected chi connectivity index (χ3v) is 0. The van der Waals surface area contributed by atoms with Crippen molar-refractivity contribution in [2.75, 3.05) is 0 Å². The maximum atomic E-state index is 9.44. The van der Waals surface area contributed by atoms with Gasteiger partial charge in [-0.1, -0.05) is 0 Å². The standard InChI is InChI=1S/C3H6O.Ni/c1-3(2)4;/h1-2H3;. The molecule has 0 aromatic carbocycles. The molecule has 0 heterocycles. The zero-order valence-corrected chi connectivity index (χ0v) is 4.21. The molecule has 0 atom stereocenters. The molecule has 0 N–H and O–H groups in total. The fraction of sp³-hybridized carbons (Fsp3) is 0.667. The summed E-state index contributed by atoms with van der Waals surface area (Å²) in [6, 6.07) is 0. The molecule has 0 radical (unpaired) electrons. The second kappa shape index (κ2) is 4.16. The fourth-order valence-corrected chi connectivity index (χ4v) is 0. The van der Waals surface area contributed by atoms with Gasteiger partial charge in [0.2, 0.25) is 0 Å². The van der Waals surface area contributed by atoms with E-state index in [1.54, 1.807) is 0 Å². The molecule has 5 heavy (non-hydrogen) atoms. The van der Waals surface area contributed by atoms with Gasteiger partial charge < -0.3 is 4.79 Å². The zero-order valence-electron chi connectivity index (χ0n) is 3.22. The van der Waals surface area contributed by atoms with Crippen molar-refractivity contribution in [2.45, 2.75) is 13.8 Å². The Kier molecular flexibility index (Phi) is 7.45. The maximum absolute atomic E-state index is 9.44. The van der Waals surface area contributed by atoms with E-state index >= 15 is 0 Å². The first-order valence-corrected chi connectivity index (χ1v) is 1.20. The number of carbonyl (C=O) groups is 1. The monoisotopic (exact) mass is 116 g/mol. The smallest absolute Gasteiger partial charge is 0.126 e. The van der Waals surface area contributed by atoms with Gasteiger partial charge in [0.25, 0.3) is 0 Å². The predicted octanol–water partition coefficient (Wildman–Crippen LogP) is 0.593. The van der Waals surface area contributed by atoms with Gasteiger partial charge in [0.15, 0.2) is 0 Å².